The Hall–Kier alpha value is -1.72. The van der Waals surface area contributed by atoms with Gasteiger partial charge in [0.1, 0.15) is 0 Å². The highest BCUT2D eigenvalue weighted by Crippen LogP contribution is 2.43. The third-order valence-corrected chi connectivity index (χ3v) is 6.19. The van der Waals surface area contributed by atoms with Crippen LogP contribution < -0.4 is 0 Å². The summed E-state index contributed by atoms with van der Waals surface area (Å²) in [4.78, 5) is 0. The molecule has 3 atom stereocenters. The van der Waals surface area contributed by atoms with Crippen molar-refractivity contribution in [1.82, 2.24) is 0 Å². The molecule has 0 aromatic heterocycles. The fourth-order valence-corrected chi connectivity index (χ4v) is 4.34. The summed E-state index contributed by atoms with van der Waals surface area (Å²) in [6.45, 7) is 3.54. The highest BCUT2D eigenvalue weighted by Gasteiger charge is 2.31. The van der Waals surface area contributed by atoms with E-state index in [2.05, 4.69) is 30.3 Å². The zero-order valence-corrected chi connectivity index (χ0v) is 17.3. The minimum absolute atomic E-state index is 0.0614. The summed E-state index contributed by atoms with van der Waals surface area (Å²) in [6, 6.07) is 14.8. The van der Waals surface area contributed by atoms with Crippen LogP contribution in [-0.2, 0) is 16.8 Å². The molecule has 0 radical (unpaired) electrons. The summed E-state index contributed by atoms with van der Waals surface area (Å²) in [7, 11) is 0. The molecule has 29 heavy (non-hydrogen) atoms. The molecule has 2 fully saturated rings. The Labute approximate surface area is 173 Å². The lowest BCUT2D eigenvalue weighted by Gasteiger charge is -2.33. The first-order valence-corrected chi connectivity index (χ1v) is 10.7. The number of rotatable bonds is 6. The quantitative estimate of drug-likeness (QED) is 0.691. The van der Waals surface area contributed by atoms with Crippen molar-refractivity contribution < 1.29 is 20.1 Å². The molecule has 1 saturated heterocycles. The molecule has 1 saturated carbocycles. The Balaban J connectivity index is 1.59. The summed E-state index contributed by atoms with van der Waals surface area (Å²) in [5, 5.41) is 29.8. The second kappa shape index (κ2) is 8.19. The molecule has 3 N–H and O–H groups in total. The average molecular weight is 397 g/mol. The van der Waals surface area contributed by atoms with E-state index in [0.29, 0.717) is 18.8 Å². The van der Waals surface area contributed by atoms with Crippen molar-refractivity contribution in [2.75, 3.05) is 6.61 Å². The third kappa shape index (κ3) is 4.89. The molecule has 0 bridgehead atoms. The Morgan fingerprint density at radius 2 is 1.76 bits per heavy atom. The van der Waals surface area contributed by atoms with Gasteiger partial charge in [-0.1, -0.05) is 42.5 Å². The van der Waals surface area contributed by atoms with Crippen molar-refractivity contribution in [2.24, 2.45) is 0 Å². The highest BCUT2D eigenvalue weighted by atomic mass is 16.5. The van der Waals surface area contributed by atoms with Gasteiger partial charge < -0.3 is 20.1 Å². The van der Waals surface area contributed by atoms with E-state index in [0.717, 1.165) is 17.5 Å². The first-order chi connectivity index (χ1) is 13.8. The van der Waals surface area contributed by atoms with E-state index in [1.807, 2.05) is 12.1 Å². The van der Waals surface area contributed by atoms with E-state index < -0.39 is 11.7 Å². The first-order valence-electron chi connectivity index (χ1n) is 10.7. The minimum Gasteiger partial charge on any atom is -0.394 e. The van der Waals surface area contributed by atoms with E-state index in [1.54, 1.807) is 13.8 Å². The molecule has 0 amide bonds. The van der Waals surface area contributed by atoms with Gasteiger partial charge in [0.25, 0.3) is 0 Å². The van der Waals surface area contributed by atoms with Crippen LogP contribution in [0.1, 0.15) is 79.4 Å². The summed E-state index contributed by atoms with van der Waals surface area (Å²) in [5.74, 6) is 0.651. The van der Waals surface area contributed by atoms with Crippen LogP contribution in [0.2, 0.25) is 0 Å². The van der Waals surface area contributed by atoms with E-state index >= 15 is 0 Å². The molecule has 2 aromatic rings. The van der Waals surface area contributed by atoms with Crippen molar-refractivity contribution >= 4 is 0 Å². The van der Waals surface area contributed by atoms with Gasteiger partial charge in [0, 0.05) is 12.8 Å². The molecule has 2 aromatic carbocycles. The van der Waals surface area contributed by atoms with Gasteiger partial charge in [-0.3, -0.25) is 0 Å². The van der Waals surface area contributed by atoms with Gasteiger partial charge in [0.2, 0.25) is 0 Å². The minimum atomic E-state index is -0.833. The molecule has 4 nitrogen and oxygen atoms in total. The third-order valence-electron chi connectivity index (χ3n) is 6.19. The SMILES string of the molecule is CC(C)(O)c1ccc(Cc2cc([C@H]3CC(O)C[C@@H](CO)O3)ccc2C2CC2)cc1. The maximum absolute atomic E-state index is 10.2. The van der Waals surface area contributed by atoms with Gasteiger partial charge in [-0.2, -0.15) is 0 Å². The largest absolute Gasteiger partial charge is 0.394 e. The molecule has 1 aliphatic heterocycles. The van der Waals surface area contributed by atoms with Crippen LogP contribution in [0, 0.1) is 0 Å². The smallest absolute Gasteiger partial charge is 0.0854 e. The normalized spacial score (nSPS) is 25.2. The van der Waals surface area contributed by atoms with Crippen LogP contribution in [0.15, 0.2) is 42.5 Å². The number of aliphatic hydroxyl groups is 3. The lowest BCUT2D eigenvalue weighted by Crippen LogP contribution is -2.33. The fourth-order valence-electron chi connectivity index (χ4n) is 4.34. The Morgan fingerprint density at radius 3 is 2.38 bits per heavy atom. The monoisotopic (exact) mass is 396 g/mol. The first kappa shape index (κ1) is 20.5. The number of hydrogen-bond acceptors (Lipinski definition) is 4. The molecule has 0 spiro atoms. The molecule has 4 heteroatoms. The molecular formula is C25H32O4. The summed E-state index contributed by atoms with van der Waals surface area (Å²) in [6.07, 6.45) is 3.47. The molecule has 1 unspecified atom stereocenters. The standard InChI is InChI=1S/C25H32O4/c1-25(2,28)20-8-3-16(4-9-20)11-19-12-18(7-10-23(19)17-5-6-17)24-14-21(27)13-22(15-26)29-24/h3-4,7-10,12,17,21-22,24,26-28H,5-6,11,13-15H2,1-2H3/t21?,22-,24+/m0/s1. The second-order valence-corrected chi connectivity index (χ2v) is 9.22. The van der Waals surface area contributed by atoms with Crippen LogP contribution in [0.25, 0.3) is 0 Å². The van der Waals surface area contributed by atoms with E-state index in [1.165, 1.54) is 29.5 Å². The highest BCUT2D eigenvalue weighted by molar-refractivity contribution is 5.41. The zero-order valence-electron chi connectivity index (χ0n) is 17.3. The summed E-state index contributed by atoms with van der Waals surface area (Å²) >= 11 is 0. The number of ether oxygens (including phenoxy) is 1. The Bertz CT molecular complexity index is 833. The molecule has 4 rings (SSSR count). The predicted octanol–water partition coefficient (Wildman–Crippen LogP) is 3.96. The molecule has 156 valence electrons. The van der Waals surface area contributed by atoms with Gasteiger partial charge in [0.05, 0.1) is 30.5 Å². The maximum Gasteiger partial charge on any atom is 0.0854 e. The van der Waals surface area contributed by atoms with Crippen LogP contribution in [-0.4, -0.2) is 34.1 Å². The van der Waals surface area contributed by atoms with Crippen LogP contribution in [0.4, 0.5) is 0 Å². The predicted molar refractivity (Wildman–Crippen MR) is 113 cm³/mol. The maximum atomic E-state index is 10.2. The van der Waals surface area contributed by atoms with Crippen LogP contribution in [0.5, 0.6) is 0 Å². The second-order valence-electron chi connectivity index (χ2n) is 9.22. The van der Waals surface area contributed by atoms with E-state index in [4.69, 9.17) is 4.74 Å². The molecule has 1 heterocycles. The van der Waals surface area contributed by atoms with Gasteiger partial charge in [-0.25, -0.2) is 0 Å². The van der Waals surface area contributed by atoms with Crippen molar-refractivity contribution in [3.63, 3.8) is 0 Å². The van der Waals surface area contributed by atoms with Gasteiger partial charge in [0.15, 0.2) is 0 Å². The van der Waals surface area contributed by atoms with Crippen molar-refractivity contribution in [3.8, 4) is 0 Å². The van der Waals surface area contributed by atoms with E-state index in [9.17, 15) is 15.3 Å². The summed E-state index contributed by atoms with van der Waals surface area (Å²) in [5.41, 5.74) is 5.10. The molecular weight excluding hydrogens is 364 g/mol. The topological polar surface area (TPSA) is 69.9 Å². The zero-order chi connectivity index (χ0) is 20.6. The Morgan fingerprint density at radius 1 is 1.03 bits per heavy atom. The van der Waals surface area contributed by atoms with Crippen LogP contribution in [0.3, 0.4) is 0 Å². The number of benzene rings is 2. The average Bonchev–Trinajstić information content (AvgIpc) is 3.52. The van der Waals surface area contributed by atoms with Gasteiger partial charge >= 0.3 is 0 Å². The van der Waals surface area contributed by atoms with Crippen molar-refractivity contribution in [3.05, 3.63) is 70.3 Å². The lowest BCUT2D eigenvalue weighted by atomic mass is 9.90. The fraction of sp³-hybridized carbons (Fsp3) is 0.520. The van der Waals surface area contributed by atoms with Gasteiger partial charge in [-0.15, -0.1) is 0 Å². The molecule has 2 aliphatic rings. The van der Waals surface area contributed by atoms with Crippen LogP contribution >= 0.6 is 0 Å². The van der Waals surface area contributed by atoms with Gasteiger partial charge in [-0.05, 0) is 66.8 Å². The molecule has 1 aliphatic carbocycles. The van der Waals surface area contributed by atoms with Crippen molar-refractivity contribution in [2.45, 2.75) is 75.8 Å². The lowest BCUT2D eigenvalue weighted by molar-refractivity contribution is -0.113. The number of aliphatic hydroxyl groups excluding tert-OH is 2. The van der Waals surface area contributed by atoms with Crippen molar-refractivity contribution in [1.29, 1.82) is 0 Å². The van der Waals surface area contributed by atoms with E-state index in [-0.39, 0.29) is 18.8 Å². The number of hydrogen-bond donors (Lipinski definition) is 3. The summed E-state index contributed by atoms with van der Waals surface area (Å²) < 4.78 is 6.03. The Kier molecular flexibility index (Phi) is 5.80.